The first-order valence-electron chi connectivity index (χ1n) is 12.1. The molecule has 0 bridgehead atoms. The van der Waals surface area contributed by atoms with E-state index in [1.807, 2.05) is 91.0 Å². The van der Waals surface area contributed by atoms with Gasteiger partial charge in [-0.2, -0.15) is 0 Å². The lowest BCUT2D eigenvalue weighted by Gasteiger charge is -2.44. The molecule has 1 aliphatic heterocycles. The Morgan fingerprint density at radius 2 is 1.20 bits per heavy atom. The Morgan fingerprint density at radius 3 is 1.71 bits per heavy atom. The molecule has 4 rings (SSSR count). The highest BCUT2D eigenvalue weighted by atomic mass is 32.2. The summed E-state index contributed by atoms with van der Waals surface area (Å²) in [6.45, 7) is 3.63. The molecule has 0 aliphatic carbocycles. The maximum absolute atomic E-state index is 11.3. The van der Waals surface area contributed by atoms with Gasteiger partial charge in [0, 0.05) is 0 Å². The molecule has 6 heteroatoms. The molecule has 3 aromatic rings. The van der Waals surface area contributed by atoms with Crippen molar-refractivity contribution in [3.05, 3.63) is 108 Å². The molecular formula is C29H34O5S. The average molecular weight is 495 g/mol. The molecule has 5 atom stereocenters. The predicted molar refractivity (Wildman–Crippen MR) is 139 cm³/mol. The molecule has 0 amide bonds. The number of thioether (sulfide) groups is 1. The third kappa shape index (κ3) is 7.64. The molecule has 0 saturated carbocycles. The molecule has 1 aliphatic rings. The van der Waals surface area contributed by atoms with E-state index in [-0.39, 0.29) is 12.0 Å². The summed E-state index contributed by atoms with van der Waals surface area (Å²) in [5.41, 5.74) is 2.92. The molecule has 186 valence electrons. The fraction of sp³-hybridized carbons (Fsp3) is 0.379. The van der Waals surface area contributed by atoms with Gasteiger partial charge in [-0.3, -0.25) is 0 Å². The minimum atomic E-state index is -0.885. The Balaban J connectivity index is 1.47. The van der Waals surface area contributed by atoms with E-state index in [0.29, 0.717) is 19.8 Å². The van der Waals surface area contributed by atoms with Crippen molar-refractivity contribution in [3.63, 3.8) is 0 Å². The third-order valence-corrected chi connectivity index (χ3v) is 6.95. The fourth-order valence-corrected chi connectivity index (χ4v) is 5.07. The number of benzene rings is 3. The molecular weight excluding hydrogens is 460 g/mol. The Labute approximate surface area is 212 Å². The Bertz CT molecular complexity index is 972. The lowest BCUT2D eigenvalue weighted by atomic mass is 9.99. The second kappa shape index (κ2) is 13.8. The Kier molecular flexibility index (Phi) is 10.2. The van der Waals surface area contributed by atoms with Crippen molar-refractivity contribution in [3.8, 4) is 0 Å². The topological polar surface area (TPSA) is 57.2 Å². The number of hydrogen-bond acceptors (Lipinski definition) is 6. The van der Waals surface area contributed by atoms with Gasteiger partial charge in [-0.05, 0) is 22.4 Å². The Morgan fingerprint density at radius 1 is 0.714 bits per heavy atom. The molecule has 1 unspecified atom stereocenters. The zero-order chi connectivity index (χ0) is 24.3. The SMILES string of the molecule is CCSC1O[C@H](COCc2ccccc2)[C@H](O)[C@H](OCc2ccccc2)[C@H]1OCc1ccccc1. The molecule has 35 heavy (non-hydrogen) atoms. The van der Waals surface area contributed by atoms with Crippen LogP contribution in [0.3, 0.4) is 0 Å². The first-order valence-corrected chi connectivity index (χ1v) is 13.2. The second-order valence-electron chi connectivity index (χ2n) is 8.51. The molecule has 1 fully saturated rings. The van der Waals surface area contributed by atoms with Gasteiger partial charge in [0.25, 0.3) is 0 Å². The number of aliphatic hydroxyl groups is 1. The number of hydrogen-bond donors (Lipinski definition) is 1. The predicted octanol–water partition coefficient (Wildman–Crippen LogP) is 5.21. The highest BCUT2D eigenvalue weighted by molar-refractivity contribution is 7.99. The largest absolute Gasteiger partial charge is 0.387 e. The molecule has 3 aromatic carbocycles. The minimum Gasteiger partial charge on any atom is -0.387 e. The fourth-order valence-electron chi connectivity index (χ4n) is 4.09. The summed E-state index contributed by atoms with van der Waals surface area (Å²) >= 11 is 1.66. The van der Waals surface area contributed by atoms with Crippen LogP contribution in [-0.4, -0.2) is 47.3 Å². The summed E-state index contributed by atoms with van der Waals surface area (Å²) in [5.74, 6) is 0.856. The van der Waals surface area contributed by atoms with Crippen molar-refractivity contribution in [2.24, 2.45) is 0 Å². The zero-order valence-electron chi connectivity index (χ0n) is 20.1. The summed E-state index contributed by atoms with van der Waals surface area (Å²) in [6, 6.07) is 30.0. The number of rotatable bonds is 12. The van der Waals surface area contributed by atoms with Gasteiger partial charge in [0.15, 0.2) is 0 Å². The summed E-state index contributed by atoms with van der Waals surface area (Å²) < 4.78 is 25.0. The van der Waals surface area contributed by atoms with Crippen LogP contribution in [0.5, 0.6) is 0 Å². The first-order chi connectivity index (χ1) is 17.2. The van der Waals surface area contributed by atoms with Crippen LogP contribution >= 0.6 is 11.8 Å². The van der Waals surface area contributed by atoms with E-state index in [9.17, 15) is 5.11 Å². The summed E-state index contributed by atoms with van der Waals surface area (Å²) in [4.78, 5) is 0. The van der Waals surface area contributed by atoms with Crippen LogP contribution in [0, 0.1) is 0 Å². The van der Waals surface area contributed by atoms with Crippen LogP contribution in [0.1, 0.15) is 23.6 Å². The van der Waals surface area contributed by atoms with E-state index in [0.717, 1.165) is 22.4 Å². The van der Waals surface area contributed by atoms with E-state index in [2.05, 4.69) is 6.92 Å². The number of ether oxygens (including phenoxy) is 4. The highest BCUT2D eigenvalue weighted by Gasteiger charge is 2.47. The van der Waals surface area contributed by atoms with Gasteiger partial charge in [0.05, 0.1) is 26.4 Å². The van der Waals surface area contributed by atoms with Gasteiger partial charge >= 0.3 is 0 Å². The molecule has 0 spiro atoms. The van der Waals surface area contributed by atoms with Crippen LogP contribution in [0.4, 0.5) is 0 Å². The van der Waals surface area contributed by atoms with Crippen molar-refractivity contribution in [1.82, 2.24) is 0 Å². The lowest BCUT2D eigenvalue weighted by molar-refractivity contribution is -0.240. The van der Waals surface area contributed by atoms with Crippen molar-refractivity contribution in [2.75, 3.05) is 12.4 Å². The average Bonchev–Trinajstić information content (AvgIpc) is 2.90. The van der Waals surface area contributed by atoms with Crippen LogP contribution in [0.2, 0.25) is 0 Å². The van der Waals surface area contributed by atoms with Gasteiger partial charge < -0.3 is 24.1 Å². The van der Waals surface area contributed by atoms with Gasteiger partial charge in [-0.1, -0.05) is 97.9 Å². The highest BCUT2D eigenvalue weighted by Crippen LogP contribution is 2.33. The van der Waals surface area contributed by atoms with Gasteiger partial charge in [-0.15, -0.1) is 11.8 Å². The lowest BCUT2D eigenvalue weighted by Crippen LogP contribution is -2.59. The van der Waals surface area contributed by atoms with E-state index in [1.54, 1.807) is 11.8 Å². The van der Waals surface area contributed by atoms with E-state index in [4.69, 9.17) is 18.9 Å². The molecule has 0 aromatic heterocycles. The molecule has 1 saturated heterocycles. The maximum atomic E-state index is 11.3. The minimum absolute atomic E-state index is 0.271. The zero-order valence-corrected chi connectivity index (χ0v) is 20.9. The van der Waals surface area contributed by atoms with Crippen molar-refractivity contribution in [1.29, 1.82) is 0 Å². The smallest absolute Gasteiger partial charge is 0.132 e. The molecule has 0 radical (unpaired) electrons. The van der Waals surface area contributed by atoms with Crippen LogP contribution in [0.25, 0.3) is 0 Å². The molecule has 5 nitrogen and oxygen atoms in total. The van der Waals surface area contributed by atoms with Crippen LogP contribution in [0.15, 0.2) is 91.0 Å². The van der Waals surface area contributed by atoms with Crippen molar-refractivity contribution in [2.45, 2.75) is 56.6 Å². The monoisotopic (exact) mass is 494 g/mol. The van der Waals surface area contributed by atoms with E-state index in [1.165, 1.54) is 0 Å². The standard InChI is InChI=1S/C29H34O5S/c1-2-35-29-28(33-20-24-16-10-5-11-17-24)27(32-19-23-14-8-4-9-15-23)26(30)25(34-29)21-31-18-22-12-6-3-7-13-22/h3-17,25-30H,2,18-21H2,1H3/t25-,26+,27+,28-,29?/m1/s1. The first kappa shape index (κ1) is 25.9. The number of aliphatic hydroxyl groups excluding tert-OH is 1. The summed E-state index contributed by atoms with van der Waals surface area (Å²) in [5, 5.41) is 11.3. The van der Waals surface area contributed by atoms with Gasteiger partial charge in [0.1, 0.15) is 29.9 Å². The Hall–Kier alpha value is -2.19. The third-order valence-electron chi connectivity index (χ3n) is 5.91. The normalized spacial score (nSPS) is 24.3. The summed E-state index contributed by atoms with van der Waals surface area (Å²) in [6.07, 6.45) is -2.38. The van der Waals surface area contributed by atoms with E-state index >= 15 is 0 Å². The van der Waals surface area contributed by atoms with Gasteiger partial charge in [-0.25, -0.2) is 0 Å². The van der Waals surface area contributed by atoms with Crippen LogP contribution in [-0.2, 0) is 38.8 Å². The molecule has 1 heterocycles. The van der Waals surface area contributed by atoms with Crippen LogP contribution < -0.4 is 0 Å². The molecule has 1 N–H and O–H groups in total. The maximum Gasteiger partial charge on any atom is 0.132 e. The van der Waals surface area contributed by atoms with Crippen molar-refractivity contribution >= 4 is 11.8 Å². The van der Waals surface area contributed by atoms with E-state index < -0.39 is 24.4 Å². The summed E-state index contributed by atoms with van der Waals surface area (Å²) in [7, 11) is 0. The second-order valence-corrected chi connectivity index (χ2v) is 9.89. The van der Waals surface area contributed by atoms with Crippen molar-refractivity contribution < 1.29 is 24.1 Å². The quantitative estimate of drug-likeness (QED) is 0.373. The van der Waals surface area contributed by atoms with Gasteiger partial charge in [0.2, 0.25) is 0 Å².